The van der Waals surface area contributed by atoms with Crippen molar-refractivity contribution in [1.82, 2.24) is 0 Å². The Bertz CT molecular complexity index is 2830. The number of nitrogens with zero attached hydrogens (tertiary/aromatic N) is 2. The average Bonchev–Trinajstić information content (AvgIpc) is 3.50. The standard InChI is InChI=1S/C61H60N2/c1-41(2)37-45-12-25-52(26-13-45)62(51-23-9-43(5)10-24-51)54-29-16-47(17-30-54)48-18-31-55(32-19-48)63(53-27-14-46(15-28-53)38-42(3)4)56-33-20-49(21-34-56)50-22-36-58-57-35-11-44(6)39-59(57)61(7,8)60(58)40-50/h9-36,39-42H,37-38H2,1-8H3. The number of hydrogen-bond acceptors (Lipinski definition) is 2. The molecule has 63 heavy (non-hydrogen) atoms. The van der Waals surface area contributed by atoms with Crippen molar-refractivity contribution in [3.8, 4) is 33.4 Å². The smallest absolute Gasteiger partial charge is 0.0462 e. The van der Waals surface area contributed by atoms with Crippen LogP contribution in [0.2, 0.25) is 0 Å². The van der Waals surface area contributed by atoms with Crippen LogP contribution in [0.25, 0.3) is 33.4 Å². The van der Waals surface area contributed by atoms with Gasteiger partial charge in [-0.25, -0.2) is 0 Å². The van der Waals surface area contributed by atoms with E-state index in [4.69, 9.17) is 0 Å². The molecule has 0 radical (unpaired) electrons. The lowest BCUT2D eigenvalue weighted by Gasteiger charge is -2.27. The zero-order chi connectivity index (χ0) is 43.8. The molecular formula is C61H60N2. The lowest BCUT2D eigenvalue weighted by atomic mass is 9.81. The summed E-state index contributed by atoms with van der Waals surface area (Å²) >= 11 is 0. The third-order valence-electron chi connectivity index (χ3n) is 12.8. The molecule has 8 aromatic carbocycles. The van der Waals surface area contributed by atoms with Gasteiger partial charge in [-0.1, -0.05) is 156 Å². The molecule has 0 N–H and O–H groups in total. The monoisotopic (exact) mass is 820 g/mol. The van der Waals surface area contributed by atoms with Crippen LogP contribution in [-0.4, -0.2) is 0 Å². The average molecular weight is 821 g/mol. The molecule has 1 aliphatic carbocycles. The van der Waals surface area contributed by atoms with Gasteiger partial charge in [0, 0.05) is 39.5 Å². The Morgan fingerprint density at radius 2 is 0.651 bits per heavy atom. The fraction of sp³-hybridized carbons (Fsp3) is 0.213. The molecule has 2 heteroatoms. The molecule has 0 heterocycles. The maximum Gasteiger partial charge on any atom is 0.0462 e. The second-order valence-electron chi connectivity index (χ2n) is 19.1. The van der Waals surface area contributed by atoms with E-state index < -0.39 is 0 Å². The van der Waals surface area contributed by atoms with Crippen LogP contribution in [0.5, 0.6) is 0 Å². The minimum Gasteiger partial charge on any atom is -0.311 e. The number of hydrogen-bond donors (Lipinski definition) is 0. The van der Waals surface area contributed by atoms with Crippen molar-refractivity contribution in [3.05, 3.63) is 215 Å². The molecule has 0 aromatic heterocycles. The lowest BCUT2D eigenvalue weighted by Crippen LogP contribution is -2.15. The van der Waals surface area contributed by atoms with E-state index in [1.54, 1.807) is 0 Å². The molecule has 0 atom stereocenters. The van der Waals surface area contributed by atoms with Crippen molar-refractivity contribution in [2.45, 2.75) is 73.6 Å². The first-order valence-corrected chi connectivity index (χ1v) is 22.8. The van der Waals surface area contributed by atoms with Crippen molar-refractivity contribution in [2.75, 3.05) is 9.80 Å². The highest BCUT2D eigenvalue weighted by Crippen LogP contribution is 2.50. The van der Waals surface area contributed by atoms with Crippen molar-refractivity contribution in [2.24, 2.45) is 11.8 Å². The first-order valence-electron chi connectivity index (χ1n) is 22.8. The van der Waals surface area contributed by atoms with Crippen LogP contribution in [0.3, 0.4) is 0 Å². The van der Waals surface area contributed by atoms with E-state index in [1.165, 1.54) is 66.8 Å². The second-order valence-corrected chi connectivity index (χ2v) is 19.1. The second kappa shape index (κ2) is 17.3. The maximum atomic E-state index is 2.42. The first kappa shape index (κ1) is 41.7. The predicted octanol–water partition coefficient (Wildman–Crippen LogP) is 17.3. The minimum absolute atomic E-state index is 0.0407. The largest absolute Gasteiger partial charge is 0.311 e. The van der Waals surface area contributed by atoms with Crippen molar-refractivity contribution in [3.63, 3.8) is 0 Å². The van der Waals surface area contributed by atoms with Gasteiger partial charge in [0.25, 0.3) is 0 Å². The molecule has 0 saturated heterocycles. The Hall–Kier alpha value is -6.64. The molecule has 1 aliphatic rings. The lowest BCUT2D eigenvalue weighted by molar-refractivity contribution is 0.647. The number of benzene rings is 8. The van der Waals surface area contributed by atoms with Gasteiger partial charge in [0.15, 0.2) is 0 Å². The summed E-state index contributed by atoms with van der Waals surface area (Å²) in [6.45, 7) is 18.2. The molecule has 0 saturated carbocycles. The summed E-state index contributed by atoms with van der Waals surface area (Å²) in [6, 6.07) is 68.1. The normalized spacial score (nSPS) is 12.7. The van der Waals surface area contributed by atoms with Gasteiger partial charge in [0.1, 0.15) is 0 Å². The van der Waals surface area contributed by atoms with Gasteiger partial charge in [-0.05, 0) is 173 Å². The van der Waals surface area contributed by atoms with E-state index in [1.807, 2.05) is 0 Å². The van der Waals surface area contributed by atoms with Crippen LogP contribution in [0, 0.1) is 25.7 Å². The van der Waals surface area contributed by atoms with Crippen molar-refractivity contribution >= 4 is 34.1 Å². The van der Waals surface area contributed by atoms with Crippen LogP contribution in [0.15, 0.2) is 182 Å². The molecule has 2 nitrogen and oxygen atoms in total. The molecule has 314 valence electrons. The van der Waals surface area contributed by atoms with Gasteiger partial charge < -0.3 is 9.80 Å². The zero-order valence-corrected chi connectivity index (χ0v) is 38.3. The third kappa shape index (κ3) is 8.60. The van der Waals surface area contributed by atoms with E-state index in [0.29, 0.717) is 11.8 Å². The van der Waals surface area contributed by atoms with Crippen molar-refractivity contribution < 1.29 is 0 Å². The Kier molecular flexibility index (Phi) is 11.4. The molecule has 0 bridgehead atoms. The van der Waals surface area contributed by atoms with Gasteiger partial charge in [0.2, 0.25) is 0 Å². The van der Waals surface area contributed by atoms with Gasteiger partial charge in [0.05, 0.1) is 0 Å². The van der Waals surface area contributed by atoms with E-state index in [9.17, 15) is 0 Å². The quantitative estimate of drug-likeness (QED) is 0.121. The molecule has 0 amide bonds. The Morgan fingerprint density at radius 3 is 1.05 bits per heavy atom. The summed E-state index contributed by atoms with van der Waals surface area (Å²) in [5, 5.41) is 0. The number of fused-ring (bicyclic) bond motifs is 3. The number of anilines is 6. The SMILES string of the molecule is Cc1ccc(N(c2ccc(CC(C)C)cc2)c2ccc(-c3ccc(N(c4ccc(CC(C)C)cc4)c4ccc(-c5ccc6c(c5)C(C)(C)c5cc(C)ccc5-6)cc4)cc3)cc2)cc1. The molecule has 0 spiro atoms. The molecule has 0 unspecified atom stereocenters. The molecule has 0 fully saturated rings. The molecule has 0 aliphatic heterocycles. The van der Waals surface area contributed by atoms with Gasteiger partial charge >= 0.3 is 0 Å². The van der Waals surface area contributed by atoms with Crippen LogP contribution >= 0.6 is 0 Å². The highest BCUT2D eigenvalue weighted by Gasteiger charge is 2.35. The summed E-state index contributed by atoms with van der Waals surface area (Å²) in [5.74, 6) is 1.23. The van der Waals surface area contributed by atoms with Crippen LogP contribution in [0.4, 0.5) is 34.1 Å². The fourth-order valence-electron chi connectivity index (χ4n) is 9.53. The Labute approximate surface area is 376 Å². The van der Waals surface area contributed by atoms with Crippen molar-refractivity contribution in [1.29, 1.82) is 0 Å². The highest BCUT2D eigenvalue weighted by atomic mass is 15.1. The summed E-state index contributed by atoms with van der Waals surface area (Å²) in [6.07, 6.45) is 2.15. The summed E-state index contributed by atoms with van der Waals surface area (Å²) in [7, 11) is 0. The van der Waals surface area contributed by atoms with E-state index in [0.717, 1.165) is 47.0 Å². The molecular weight excluding hydrogens is 761 g/mol. The summed E-state index contributed by atoms with van der Waals surface area (Å²) < 4.78 is 0. The fourth-order valence-corrected chi connectivity index (χ4v) is 9.53. The van der Waals surface area contributed by atoms with Crippen LogP contribution < -0.4 is 9.80 Å². The van der Waals surface area contributed by atoms with E-state index in [-0.39, 0.29) is 5.41 Å². The molecule has 8 aromatic rings. The Balaban J connectivity index is 1.01. The Morgan fingerprint density at radius 1 is 0.349 bits per heavy atom. The van der Waals surface area contributed by atoms with Gasteiger partial charge in [-0.2, -0.15) is 0 Å². The van der Waals surface area contributed by atoms with Crippen LogP contribution in [-0.2, 0) is 18.3 Å². The predicted molar refractivity (Wildman–Crippen MR) is 271 cm³/mol. The van der Waals surface area contributed by atoms with E-state index >= 15 is 0 Å². The van der Waals surface area contributed by atoms with Gasteiger partial charge in [-0.15, -0.1) is 0 Å². The summed E-state index contributed by atoms with van der Waals surface area (Å²) in [4.78, 5) is 4.73. The number of aryl methyl sites for hydroxylation is 2. The first-order chi connectivity index (χ1) is 30.4. The zero-order valence-electron chi connectivity index (χ0n) is 38.3. The third-order valence-corrected chi connectivity index (χ3v) is 12.8. The topological polar surface area (TPSA) is 6.48 Å². The maximum absolute atomic E-state index is 2.42. The van der Waals surface area contributed by atoms with E-state index in [2.05, 4.69) is 247 Å². The molecule has 9 rings (SSSR count). The summed E-state index contributed by atoms with van der Waals surface area (Å²) in [5.41, 5.74) is 22.5. The highest BCUT2D eigenvalue weighted by molar-refractivity contribution is 5.85. The van der Waals surface area contributed by atoms with Gasteiger partial charge in [-0.3, -0.25) is 0 Å². The number of rotatable bonds is 12. The minimum atomic E-state index is -0.0407. The van der Waals surface area contributed by atoms with Crippen LogP contribution in [0.1, 0.15) is 74.9 Å².